The Bertz CT molecular complexity index is 1050. The number of Topliss-reactive ketones (excluding diaryl/α,β-unsaturated/α-hetero) is 1. The number of ketones is 1. The third-order valence-corrected chi connectivity index (χ3v) is 9.62. The maximum atomic E-state index is 14.0. The fraction of sp³-hybridized carbons (Fsp3) is 0.743. The molecule has 2 rings (SSSR count). The average molecular weight is 603 g/mol. The molecular formula is C35H58N2O6. The van der Waals surface area contributed by atoms with E-state index >= 15 is 0 Å². The molecule has 1 fully saturated rings. The van der Waals surface area contributed by atoms with Crippen molar-refractivity contribution in [3.05, 3.63) is 35.9 Å². The minimum atomic E-state index is -1.50. The fourth-order valence-corrected chi connectivity index (χ4v) is 6.02. The molecule has 244 valence electrons. The van der Waals surface area contributed by atoms with Crippen molar-refractivity contribution in [3.8, 4) is 0 Å². The van der Waals surface area contributed by atoms with Gasteiger partial charge in [0.15, 0.2) is 5.60 Å². The van der Waals surface area contributed by atoms with Crippen LogP contribution in [-0.4, -0.2) is 78.2 Å². The molecule has 0 saturated carbocycles. The highest BCUT2D eigenvalue weighted by atomic mass is 16.7. The van der Waals surface area contributed by atoms with Gasteiger partial charge in [-0.3, -0.25) is 14.4 Å². The molecule has 1 heterocycles. The predicted octanol–water partition coefficient (Wildman–Crippen LogP) is 6.57. The summed E-state index contributed by atoms with van der Waals surface area (Å²) in [5.74, 6) is -1.51. The summed E-state index contributed by atoms with van der Waals surface area (Å²) < 4.78 is 11.6. The quantitative estimate of drug-likeness (QED) is 0.146. The van der Waals surface area contributed by atoms with E-state index in [-0.39, 0.29) is 36.6 Å². The van der Waals surface area contributed by atoms with Gasteiger partial charge in [0.05, 0.1) is 23.6 Å². The number of carbonyl (C=O) groups is 3. The average Bonchev–Trinajstić information content (AvgIpc) is 2.98. The van der Waals surface area contributed by atoms with Crippen LogP contribution in [-0.2, 0) is 28.7 Å². The molecule has 0 N–H and O–H groups in total. The number of hydrogen-bond donors (Lipinski definition) is 0. The molecule has 1 aliphatic heterocycles. The van der Waals surface area contributed by atoms with Crippen LogP contribution in [0.25, 0.3) is 0 Å². The number of ether oxygens (including phenoxy) is 2. The largest absolute Gasteiger partial charge is 0.465 e. The van der Waals surface area contributed by atoms with Gasteiger partial charge in [0.2, 0.25) is 0 Å². The smallest absolute Gasteiger partial charge is 0.340 e. The summed E-state index contributed by atoms with van der Waals surface area (Å²) in [4.78, 5) is 49.7. The Hall–Kier alpha value is -2.29. The molecule has 0 bridgehead atoms. The second-order valence-electron chi connectivity index (χ2n) is 13.5. The second-order valence-corrected chi connectivity index (χ2v) is 13.5. The second kappa shape index (κ2) is 16.1. The van der Waals surface area contributed by atoms with Crippen molar-refractivity contribution in [2.45, 2.75) is 123 Å². The summed E-state index contributed by atoms with van der Waals surface area (Å²) >= 11 is 0. The molecule has 0 spiro atoms. The lowest BCUT2D eigenvalue weighted by atomic mass is 9.70. The van der Waals surface area contributed by atoms with E-state index in [1.807, 2.05) is 76.9 Å². The molecule has 0 aliphatic carbocycles. The van der Waals surface area contributed by atoms with Crippen molar-refractivity contribution in [1.29, 1.82) is 0 Å². The van der Waals surface area contributed by atoms with E-state index in [0.717, 1.165) is 18.4 Å². The normalized spacial score (nSPS) is 25.7. The summed E-state index contributed by atoms with van der Waals surface area (Å²) in [6.07, 6.45) is 3.89. The lowest BCUT2D eigenvalue weighted by molar-refractivity contribution is -0.340. The van der Waals surface area contributed by atoms with Crippen LogP contribution in [0.4, 0.5) is 0 Å². The van der Waals surface area contributed by atoms with E-state index < -0.39 is 28.6 Å². The molecule has 6 atom stereocenters. The molecule has 1 aromatic rings. The van der Waals surface area contributed by atoms with Crippen LogP contribution >= 0.6 is 0 Å². The van der Waals surface area contributed by atoms with Gasteiger partial charge in [-0.15, -0.1) is 0 Å². The van der Waals surface area contributed by atoms with E-state index in [4.69, 9.17) is 14.3 Å². The first-order chi connectivity index (χ1) is 20.2. The molecule has 0 aromatic heterocycles. The van der Waals surface area contributed by atoms with Gasteiger partial charge in [-0.05, 0) is 72.0 Å². The van der Waals surface area contributed by atoms with Crippen molar-refractivity contribution < 1.29 is 28.7 Å². The molecule has 8 heteroatoms. The first-order valence-electron chi connectivity index (χ1n) is 16.2. The number of benzene rings is 1. The fourth-order valence-electron chi connectivity index (χ4n) is 6.02. The molecule has 1 aliphatic rings. The topological polar surface area (TPSA) is 85.4 Å². The summed E-state index contributed by atoms with van der Waals surface area (Å²) in [6.45, 7) is 17.1. The number of hydroxylamine groups is 2. The van der Waals surface area contributed by atoms with Gasteiger partial charge in [-0.1, -0.05) is 71.4 Å². The summed E-state index contributed by atoms with van der Waals surface area (Å²) in [5.41, 5.74) is -1.66. The van der Waals surface area contributed by atoms with Crippen LogP contribution < -0.4 is 0 Å². The number of likely N-dealkylation sites (N-methyl/N-ethyl adjacent to an activating group) is 1. The van der Waals surface area contributed by atoms with Crippen LogP contribution in [0.1, 0.15) is 112 Å². The molecule has 0 radical (unpaired) electrons. The van der Waals surface area contributed by atoms with E-state index in [1.165, 1.54) is 0 Å². The molecule has 1 aromatic carbocycles. The summed E-state index contributed by atoms with van der Waals surface area (Å²) in [7, 11) is 3.84. The first-order valence-corrected chi connectivity index (χ1v) is 16.2. The van der Waals surface area contributed by atoms with Crippen molar-refractivity contribution >= 4 is 17.7 Å². The Labute approximate surface area is 260 Å². The maximum Gasteiger partial charge on any atom is 0.340 e. The number of nitrogens with zero attached hydrogens (tertiary/aromatic N) is 2. The predicted molar refractivity (Wildman–Crippen MR) is 170 cm³/mol. The highest BCUT2D eigenvalue weighted by Gasteiger charge is 2.57. The van der Waals surface area contributed by atoms with Crippen molar-refractivity contribution in [2.24, 2.45) is 11.8 Å². The third-order valence-electron chi connectivity index (χ3n) is 9.62. The van der Waals surface area contributed by atoms with E-state index in [1.54, 1.807) is 6.92 Å². The number of rotatable bonds is 17. The van der Waals surface area contributed by atoms with Gasteiger partial charge in [-0.25, -0.2) is 4.79 Å². The Morgan fingerprint density at radius 2 is 1.72 bits per heavy atom. The highest BCUT2D eigenvalue weighted by molar-refractivity contribution is 5.84. The zero-order valence-electron chi connectivity index (χ0n) is 28.5. The van der Waals surface area contributed by atoms with Gasteiger partial charge < -0.3 is 14.4 Å². The molecule has 1 saturated heterocycles. The van der Waals surface area contributed by atoms with Gasteiger partial charge in [-0.2, -0.15) is 5.06 Å². The van der Waals surface area contributed by atoms with Gasteiger partial charge in [0, 0.05) is 25.3 Å². The monoisotopic (exact) mass is 602 g/mol. The van der Waals surface area contributed by atoms with Gasteiger partial charge in [0.25, 0.3) is 0 Å². The number of piperidine rings is 1. The van der Waals surface area contributed by atoms with Gasteiger partial charge >= 0.3 is 11.9 Å². The Kier molecular flexibility index (Phi) is 13.9. The molecule has 6 unspecified atom stereocenters. The number of carbonyl (C=O) groups excluding carboxylic acids is 3. The van der Waals surface area contributed by atoms with Crippen LogP contribution in [0.2, 0.25) is 0 Å². The molecule has 0 amide bonds. The Balaban J connectivity index is 2.55. The van der Waals surface area contributed by atoms with Crippen molar-refractivity contribution in [2.75, 3.05) is 33.9 Å². The van der Waals surface area contributed by atoms with Crippen LogP contribution in [0.5, 0.6) is 0 Å². The first kappa shape index (κ1) is 36.9. The van der Waals surface area contributed by atoms with E-state index in [0.29, 0.717) is 38.8 Å². The number of unbranched alkanes of at least 4 members (excludes halogenated alkanes) is 1. The SMILES string of the molecule is CCCCOC(=O)C(CC(C)c1ccccc1)CC(C)(ON1C(C)(CC)CC(=O)C(C)C1(C)CC)C(=O)OCCN(C)C. The van der Waals surface area contributed by atoms with E-state index in [2.05, 4.69) is 26.0 Å². The number of esters is 2. The van der Waals surface area contributed by atoms with Crippen LogP contribution in [0.3, 0.4) is 0 Å². The van der Waals surface area contributed by atoms with Gasteiger partial charge in [0.1, 0.15) is 12.4 Å². The Morgan fingerprint density at radius 3 is 2.28 bits per heavy atom. The Morgan fingerprint density at radius 1 is 1.07 bits per heavy atom. The molecule has 43 heavy (non-hydrogen) atoms. The zero-order chi connectivity index (χ0) is 32.4. The standard InChI is InChI=1S/C35H58N2O6/c1-11-14-21-41-31(39)29(23-26(4)28-18-16-15-17-19-28)24-35(8,32(40)42-22-20-36(9)10)43-37-33(6,12-2)25-30(38)27(5)34(37,7)13-3/h15-19,26-27,29H,11-14,20-25H2,1-10H3. The lowest BCUT2D eigenvalue weighted by Gasteiger charge is -2.57. The van der Waals surface area contributed by atoms with Crippen LogP contribution in [0.15, 0.2) is 30.3 Å². The number of hydrogen-bond acceptors (Lipinski definition) is 8. The van der Waals surface area contributed by atoms with Crippen LogP contribution in [0, 0.1) is 11.8 Å². The minimum Gasteiger partial charge on any atom is -0.465 e. The third kappa shape index (κ3) is 9.35. The highest BCUT2D eigenvalue weighted by Crippen LogP contribution is 2.46. The van der Waals surface area contributed by atoms with E-state index in [9.17, 15) is 14.4 Å². The van der Waals surface area contributed by atoms with Crippen molar-refractivity contribution in [3.63, 3.8) is 0 Å². The zero-order valence-corrected chi connectivity index (χ0v) is 28.5. The lowest BCUT2D eigenvalue weighted by Crippen LogP contribution is -2.69. The molecular weight excluding hydrogens is 544 g/mol. The van der Waals surface area contributed by atoms with Crippen molar-refractivity contribution in [1.82, 2.24) is 9.96 Å². The molecule has 8 nitrogen and oxygen atoms in total. The minimum absolute atomic E-state index is 0.0494. The summed E-state index contributed by atoms with van der Waals surface area (Å²) in [5, 5.41) is 1.92. The summed E-state index contributed by atoms with van der Waals surface area (Å²) in [6, 6.07) is 10.1. The maximum absolute atomic E-state index is 14.0.